The Bertz CT molecular complexity index is 1050. The lowest BCUT2D eigenvalue weighted by molar-refractivity contribution is -0.121. The van der Waals surface area contributed by atoms with E-state index in [1.165, 1.54) is 35.9 Å². The summed E-state index contributed by atoms with van der Waals surface area (Å²) < 4.78 is 10.9. The molecule has 0 atom stereocenters. The van der Waals surface area contributed by atoms with Crippen LogP contribution < -0.4 is 9.47 Å². The molecule has 1 fully saturated rings. The lowest BCUT2D eigenvalue weighted by Gasteiger charge is -2.11. The Morgan fingerprint density at radius 3 is 2.57 bits per heavy atom. The molecular weight excluding hydrogens is 428 g/mol. The minimum absolute atomic E-state index is 0.169. The van der Waals surface area contributed by atoms with Gasteiger partial charge >= 0.3 is 5.97 Å². The number of carbonyl (C=O) groups is 2. The van der Waals surface area contributed by atoms with Crippen LogP contribution >= 0.6 is 23.4 Å². The molecule has 0 aromatic heterocycles. The number of carboxylic acid groups (broad SMARTS) is 1. The van der Waals surface area contributed by atoms with E-state index >= 15 is 0 Å². The average molecular weight is 447 g/mol. The van der Waals surface area contributed by atoms with Crippen LogP contribution in [0.3, 0.4) is 0 Å². The van der Waals surface area contributed by atoms with Crippen LogP contribution in [0.5, 0.6) is 11.5 Å². The van der Waals surface area contributed by atoms with Crippen molar-refractivity contribution in [2.45, 2.75) is 6.92 Å². The molecule has 2 aromatic rings. The first-order valence-corrected chi connectivity index (χ1v) is 10.1. The summed E-state index contributed by atoms with van der Waals surface area (Å²) >= 11 is 7.57. The van der Waals surface area contributed by atoms with Gasteiger partial charge in [0.2, 0.25) is 0 Å². The second kappa shape index (κ2) is 9.23. The molecule has 1 heterocycles. The van der Waals surface area contributed by atoms with Crippen LogP contribution in [0.1, 0.15) is 22.8 Å². The molecule has 0 radical (unpaired) electrons. The minimum atomic E-state index is -1.01. The highest BCUT2D eigenvalue weighted by Crippen LogP contribution is 2.38. The molecule has 30 heavy (non-hydrogen) atoms. The first kappa shape index (κ1) is 21.7. The third kappa shape index (κ3) is 4.60. The number of carboxylic acids is 1. The van der Waals surface area contributed by atoms with E-state index in [9.17, 15) is 9.59 Å². The molecule has 9 heteroatoms. The SMILES string of the molecule is CCOc1cc(Cl)c(/C=C2/SC(=Nc3ccc(C(=O)O)cc3)N(C)C2=O)cc1OC. The number of carbonyl (C=O) groups excluding carboxylic acids is 1. The lowest BCUT2D eigenvalue weighted by atomic mass is 10.1. The number of thioether (sulfide) groups is 1. The number of hydrogen-bond donors (Lipinski definition) is 1. The number of hydrogen-bond acceptors (Lipinski definition) is 6. The van der Waals surface area contributed by atoms with Gasteiger partial charge in [-0.1, -0.05) is 11.6 Å². The molecule has 7 nitrogen and oxygen atoms in total. The molecule has 156 valence electrons. The normalized spacial score (nSPS) is 16.4. The highest BCUT2D eigenvalue weighted by Gasteiger charge is 2.30. The quantitative estimate of drug-likeness (QED) is 0.648. The molecule has 1 N–H and O–H groups in total. The predicted octanol–water partition coefficient (Wildman–Crippen LogP) is 4.68. The van der Waals surface area contributed by atoms with E-state index in [0.29, 0.717) is 44.5 Å². The molecule has 1 aliphatic heterocycles. The number of methoxy groups -OCH3 is 1. The topological polar surface area (TPSA) is 88.4 Å². The van der Waals surface area contributed by atoms with Crippen molar-refractivity contribution in [3.63, 3.8) is 0 Å². The molecular formula is C21H19ClN2O5S. The fourth-order valence-corrected chi connectivity index (χ4v) is 3.86. The number of amides is 1. The van der Waals surface area contributed by atoms with Gasteiger partial charge in [0.25, 0.3) is 5.91 Å². The van der Waals surface area contributed by atoms with E-state index in [2.05, 4.69) is 4.99 Å². The van der Waals surface area contributed by atoms with E-state index in [1.54, 1.807) is 37.4 Å². The lowest BCUT2D eigenvalue weighted by Crippen LogP contribution is -2.23. The highest BCUT2D eigenvalue weighted by atomic mass is 35.5. The number of benzene rings is 2. The highest BCUT2D eigenvalue weighted by molar-refractivity contribution is 8.18. The van der Waals surface area contributed by atoms with E-state index in [4.69, 9.17) is 26.2 Å². The van der Waals surface area contributed by atoms with Gasteiger partial charge in [-0.3, -0.25) is 9.69 Å². The smallest absolute Gasteiger partial charge is 0.335 e. The monoisotopic (exact) mass is 446 g/mol. The predicted molar refractivity (Wildman–Crippen MR) is 118 cm³/mol. The van der Waals surface area contributed by atoms with E-state index in [-0.39, 0.29) is 11.5 Å². The summed E-state index contributed by atoms with van der Waals surface area (Å²) in [6.07, 6.45) is 1.68. The maximum absolute atomic E-state index is 12.7. The molecule has 0 aliphatic carbocycles. The van der Waals surface area contributed by atoms with Crippen LogP contribution in [0, 0.1) is 0 Å². The maximum Gasteiger partial charge on any atom is 0.335 e. The van der Waals surface area contributed by atoms with Crippen LogP contribution in [0.4, 0.5) is 5.69 Å². The first-order chi connectivity index (χ1) is 14.3. The molecule has 1 saturated heterocycles. The third-order valence-corrected chi connectivity index (χ3v) is 5.60. The summed E-state index contributed by atoms with van der Waals surface area (Å²) in [7, 11) is 3.16. The first-order valence-electron chi connectivity index (χ1n) is 8.94. The zero-order valence-corrected chi connectivity index (χ0v) is 18.1. The molecule has 1 amide bonds. The van der Waals surface area contributed by atoms with Crippen LogP contribution in [0.2, 0.25) is 5.02 Å². The van der Waals surface area contributed by atoms with Gasteiger partial charge < -0.3 is 14.6 Å². The minimum Gasteiger partial charge on any atom is -0.493 e. The Morgan fingerprint density at radius 2 is 1.97 bits per heavy atom. The Morgan fingerprint density at radius 1 is 1.27 bits per heavy atom. The van der Waals surface area contributed by atoms with Crippen LogP contribution in [0.25, 0.3) is 6.08 Å². The van der Waals surface area contributed by atoms with Gasteiger partial charge in [0, 0.05) is 13.1 Å². The van der Waals surface area contributed by atoms with Gasteiger partial charge in [-0.2, -0.15) is 0 Å². The second-order valence-corrected chi connectivity index (χ2v) is 7.60. The van der Waals surface area contributed by atoms with Crippen LogP contribution in [-0.2, 0) is 4.79 Å². The Kier molecular flexibility index (Phi) is 6.69. The summed E-state index contributed by atoms with van der Waals surface area (Å²) in [6.45, 7) is 2.34. The zero-order chi connectivity index (χ0) is 21.8. The van der Waals surface area contributed by atoms with Gasteiger partial charge in [0.15, 0.2) is 16.7 Å². The summed E-state index contributed by atoms with van der Waals surface area (Å²) in [5.74, 6) is -0.180. The van der Waals surface area contributed by atoms with Crippen molar-refractivity contribution in [1.82, 2.24) is 4.90 Å². The number of halogens is 1. The molecule has 2 aromatic carbocycles. The van der Waals surface area contributed by atoms with Crippen molar-refractivity contribution in [1.29, 1.82) is 0 Å². The molecule has 0 spiro atoms. The van der Waals surface area contributed by atoms with Crippen molar-refractivity contribution < 1.29 is 24.2 Å². The number of likely N-dealkylation sites (N-methyl/N-ethyl adjacent to an activating group) is 1. The molecule has 3 rings (SSSR count). The van der Waals surface area contributed by atoms with Crippen molar-refractivity contribution in [2.75, 3.05) is 20.8 Å². The molecule has 0 bridgehead atoms. The van der Waals surface area contributed by atoms with E-state index in [0.717, 1.165) is 0 Å². The largest absolute Gasteiger partial charge is 0.493 e. The molecule has 0 unspecified atom stereocenters. The summed E-state index contributed by atoms with van der Waals surface area (Å²) in [6, 6.07) is 9.48. The van der Waals surface area contributed by atoms with Crippen LogP contribution in [0.15, 0.2) is 46.3 Å². The summed E-state index contributed by atoms with van der Waals surface area (Å²) in [4.78, 5) is 30.0. The Labute approximate surface area is 183 Å². The number of aromatic carboxylic acids is 1. The summed E-state index contributed by atoms with van der Waals surface area (Å²) in [5, 5.41) is 9.89. The average Bonchev–Trinajstić information content (AvgIpc) is 2.98. The standard InChI is InChI=1S/C21H19ClN2O5S/c1-4-29-17-11-15(22)13(9-16(17)28-3)10-18-19(25)24(2)21(30-18)23-14-7-5-12(6-8-14)20(26)27/h5-11H,4H2,1-3H3,(H,26,27)/b18-10+,23-21?. The maximum atomic E-state index is 12.7. The van der Waals surface area contributed by atoms with Gasteiger partial charge in [-0.05, 0) is 60.7 Å². The van der Waals surface area contributed by atoms with Crippen molar-refractivity contribution in [3.05, 3.63) is 57.5 Å². The Balaban J connectivity index is 1.90. The fraction of sp³-hybridized carbons (Fsp3) is 0.190. The van der Waals surface area contributed by atoms with Crippen LogP contribution in [-0.4, -0.2) is 47.8 Å². The van der Waals surface area contributed by atoms with E-state index < -0.39 is 5.97 Å². The number of aliphatic imine (C=N–C) groups is 1. The number of amidine groups is 1. The van der Waals surface area contributed by atoms with Crippen molar-refractivity contribution in [3.8, 4) is 11.5 Å². The summed E-state index contributed by atoms with van der Waals surface area (Å²) in [5.41, 5.74) is 1.33. The molecule has 1 aliphatic rings. The zero-order valence-electron chi connectivity index (χ0n) is 16.5. The van der Waals surface area contributed by atoms with E-state index in [1.807, 2.05) is 6.92 Å². The van der Waals surface area contributed by atoms with Crippen molar-refractivity contribution in [2.24, 2.45) is 4.99 Å². The number of rotatable bonds is 6. The van der Waals surface area contributed by atoms with Crippen molar-refractivity contribution >= 4 is 52.2 Å². The Hall–Kier alpha value is -2.97. The number of ether oxygens (including phenoxy) is 2. The van der Waals surface area contributed by atoms with Gasteiger partial charge in [-0.15, -0.1) is 0 Å². The van der Waals surface area contributed by atoms with Gasteiger partial charge in [0.05, 0.1) is 34.9 Å². The van der Waals surface area contributed by atoms with Gasteiger partial charge in [-0.25, -0.2) is 9.79 Å². The molecule has 0 saturated carbocycles. The number of nitrogens with zero attached hydrogens (tertiary/aromatic N) is 2. The second-order valence-electron chi connectivity index (χ2n) is 6.18. The third-order valence-electron chi connectivity index (χ3n) is 4.21. The fourth-order valence-electron chi connectivity index (χ4n) is 2.67. The van der Waals surface area contributed by atoms with Gasteiger partial charge in [0.1, 0.15) is 0 Å².